The van der Waals surface area contributed by atoms with E-state index in [9.17, 15) is 0 Å². The molecule has 4 heteroatoms. The van der Waals surface area contributed by atoms with Crippen LogP contribution in [0.25, 0.3) is 0 Å². The normalized spacial score (nSPS) is 21.3. The second-order valence-corrected chi connectivity index (χ2v) is 5.35. The first-order chi connectivity index (χ1) is 9.79. The van der Waals surface area contributed by atoms with Gasteiger partial charge in [0, 0.05) is 11.8 Å². The van der Waals surface area contributed by atoms with Gasteiger partial charge in [0.25, 0.3) is 0 Å². The smallest absolute Gasteiger partial charge is 0.124 e. The van der Waals surface area contributed by atoms with Crippen molar-refractivity contribution in [3.8, 4) is 5.75 Å². The minimum absolute atomic E-state index is 0.199. The summed E-state index contributed by atoms with van der Waals surface area (Å²) >= 11 is 0. The van der Waals surface area contributed by atoms with E-state index in [1.54, 1.807) is 0 Å². The molecule has 0 saturated carbocycles. The van der Waals surface area contributed by atoms with Crippen LogP contribution in [0.15, 0.2) is 36.7 Å². The van der Waals surface area contributed by atoms with Crippen LogP contribution in [0.3, 0.4) is 0 Å². The van der Waals surface area contributed by atoms with Crippen LogP contribution in [0.2, 0.25) is 0 Å². The van der Waals surface area contributed by atoms with Crippen LogP contribution in [0.4, 0.5) is 0 Å². The van der Waals surface area contributed by atoms with Crippen LogP contribution < -0.4 is 10.1 Å². The minimum atomic E-state index is 0.199. The summed E-state index contributed by atoms with van der Waals surface area (Å²) in [6, 6.07) is 8.73. The number of para-hydroxylation sites is 1. The first kappa shape index (κ1) is 13.2. The van der Waals surface area contributed by atoms with Crippen molar-refractivity contribution < 1.29 is 4.74 Å². The topological polar surface area (TPSA) is 39.1 Å². The SMILES string of the molecule is CCCNC1c2ccccc2OCC1n1cc(C)cn1. The van der Waals surface area contributed by atoms with Crippen molar-refractivity contribution in [1.29, 1.82) is 0 Å². The lowest BCUT2D eigenvalue weighted by Gasteiger charge is -2.34. The summed E-state index contributed by atoms with van der Waals surface area (Å²) in [5, 5.41) is 8.11. The summed E-state index contributed by atoms with van der Waals surface area (Å²) in [6.45, 7) is 5.90. The molecule has 1 aliphatic rings. The molecule has 1 N–H and O–H groups in total. The summed E-state index contributed by atoms with van der Waals surface area (Å²) < 4.78 is 7.94. The maximum Gasteiger partial charge on any atom is 0.124 e. The minimum Gasteiger partial charge on any atom is -0.491 e. The Bertz CT molecular complexity index is 579. The van der Waals surface area contributed by atoms with Crippen LogP contribution in [0, 0.1) is 6.92 Å². The maximum atomic E-state index is 5.91. The fourth-order valence-corrected chi connectivity index (χ4v) is 2.74. The molecule has 0 radical (unpaired) electrons. The fourth-order valence-electron chi connectivity index (χ4n) is 2.74. The van der Waals surface area contributed by atoms with Gasteiger partial charge in [0.15, 0.2) is 0 Å². The number of hydrogen-bond donors (Lipinski definition) is 1. The Morgan fingerprint density at radius 1 is 1.40 bits per heavy atom. The highest BCUT2D eigenvalue weighted by atomic mass is 16.5. The predicted octanol–water partition coefficient (Wildman–Crippen LogP) is 2.87. The van der Waals surface area contributed by atoms with Crippen molar-refractivity contribution in [3.63, 3.8) is 0 Å². The van der Waals surface area contributed by atoms with Gasteiger partial charge in [-0.3, -0.25) is 4.68 Å². The van der Waals surface area contributed by atoms with Gasteiger partial charge in [0.1, 0.15) is 18.4 Å². The van der Waals surface area contributed by atoms with Crippen molar-refractivity contribution in [2.45, 2.75) is 32.4 Å². The number of aromatic nitrogens is 2. The zero-order chi connectivity index (χ0) is 13.9. The third-order valence-corrected chi connectivity index (χ3v) is 3.73. The molecule has 2 aromatic rings. The van der Waals surface area contributed by atoms with Crippen molar-refractivity contribution in [2.75, 3.05) is 13.2 Å². The standard InChI is InChI=1S/C16H21N3O/c1-3-8-17-16-13-6-4-5-7-15(13)20-11-14(16)19-10-12(2)9-18-19/h4-7,9-10,14,16-17H,3,8,11H2,1-2H3. The first-order valence-electron chi connectivity index (χ1n) is 7.25. The second-order valence-electron chi connectivity index (χ2n) is 5.35. The highest BCUT2D eigenvalue weighted by Crippen LogP contribution is 2.37. The van der Waals surface area contributed by atoms with E-state index in [0.29, 0.717) is 6.61 Å². The molecule has 0 aliphatic carbocycles. The number of ether oxygens (including phenoxy) is 1. The Morgan fingerprint density at radius 2 is 2.25 bits per heavy atom. The van der Waals surface area contributed by atoms with Gasteiger partial charge in [0.05, 0.1) is 12.2 Å². The Kier molecular flexibility index (Phi) is 3.74. The van der Waals surface area contributed by atoms with E-state index in [4.69, 9.17) is 4.74 Å². The van der Waals surface area contributed by atoms with Crippen LogP contribution in [0.1, 0.15) is 36.6 Å². The molecule has 106 valence electrons. The Morgan fingerprint density at radius 3 is 3.00 bits per heavy atom. The Labute approximate surface area is 119 Å². The predicted molar refractivity (Wildman–Crippen MR) is 79.0 cm³/mol. The van der Waals surface area contributed by atoms with Crippen LogP contribution in [-0.4, -0.2) is 22.9 Å². The molecule has 0 saturated heterocycles. The summed E-state index contributed by atoms with van der Waals surface area (Å²) in [5.41, 5.74) is 2.41. The average Bonchev–Trinajstić information content (AvgIpc) is 2.91. The second kappa shape index (κ2) is 5.67. The van der Waals surface area contributed by atoms with Crippen molar-refractivity contribution in [2.24, 2.45) is 0 Å². The molecule has 1 aliphatic heterocycles. The maximum absolute atomic E-state index is 5.91. The van der Waals surface area contributed by atoms with E-state index in [1.165, 1.54) is 11.1 Å². The van der Waals surface area contributed by atoms with E-state index < -0.39 is 0 Å². The van der Waals surface area contributed by atoms with Gasteiger partial charge in [-0.25, -0.2) is 0 Å². The molecule has 20 heavy (non-hydrogen) atoms. The van der Waals surface area contributed by atoms with Gasteiger partial charge < -0.3 is 10.1 Å². The quantitative estimate of drug-likeness (QED) is 0.929. The Hall–Kier alpha value is -1.81. The highest BCUT2D eigenvalue weighted by Gasteiger charge is 2.32. The van der Waals surface area contributed by atoms with E-state index in [0.717, 1.165) is 18.7 Å². The van der Waals surface area contributed by atoms with Gasteiger partial charge in [-0.1, -0.05) is 25.1 Å². The van der Waals surface area contributed by atoms with Gasteiger partial charge in [0.2, 0.25) is 0 Å². The molecule has 0 spiro atoms. The molecule has 2 heterocycles. The molecular formula is C16H21N3O. The molecule has 3 rings (SSSR count). The highest BCUT2D eigenvalue weighted by molar-refractivity contribution is 5.38. The van der Waals surface area contributed by atoms with Crippen molar-refractivity contribution >= 4 is 0 Å². The molecule has 2 atom stereocenters. The molecule has 0 bridgehead atoms. The molecular weight excluding hydrogens is 250 g/mol. The van der Waals surface area contributed by atoms with E-state index in [2.05, 4.69) is 42.6 Å². The lowest BCUT2D eigenvalue weighted by atomic mass is 9.96. The summed E-state index contributed by atoms with van der Waals surface area (Å²) in [7, 11) is 0. The van der Waals surface area contributed by atoms with Gasteiger partial charge in [-0.05, 0) is 31.5 Å². The number of hydrogen-bond acceptors (Lipinski definition) is 3. The average molecular weight is 271 g/mol. The molecule has 4 nitrogen and oxygen atoms in total. The number of benzene rings is 1. The van der Waals surface area contributed by atoms with Gasteiger partial charge in [-0.2, -0.15) is 5.10 Å². The first-order valence-corrected chi connectivity index (χ1v) is 7.25. The molecule has 1 aromatic heterocycles. The zero-order valence-electron chi connectivity index (χ0n) is 12.0. The third kappa shape index (κ3) is 2.43. The largest absolute Gasteiger partial charge is 0.491 e. The summed E-state index contributed by atoms with van der Waals surface area (Å²) in [6.07, 6.45) is 5.10. The molecule has 0 fully saturated rings. The lowest BCUT2D eigenvalue weighted by Crippen LogP contribution is -2.37. The number of fused-ring (bicyclic) bond motifs is 1. The third-order valence-electron chi connectivity index (χ3n) is 3.73. The summed E-state index contributed by atoms with van der Waals surface area (Å²) in [4.78, 5) is 0. The van der Waals surface area contributed by atoms with Crippen molar-refractivity contribution in [3.05, 3.63) is 47.8 Å². The fraction of sp³-hybridized carbons (Fsp3) is 0.438. The Balaban J connectivity index is 1.94. The van der Waals surface area contributed by atoms with Crippen LogP contribution in [-0.2, 0) is 0 Å². The molecule has 2 unspecified atom stereocenters. The number of aryl methyl sites for hydroxylation is 1. The van der Waals surface area contributed by atoms with Crippen LogP contribution >= 0.6 is 0 Å². The van der Waals surface area contributed by atoms with Crippen molar-refractivity contribution in [1.82, 2.24) is 15.1 Å². The van der Waals surface area contributed by atoms with Gasteiger partial charge >= 0.3 is 0 Å². The summed E-state index contributed by atoms with van der Waals surface area (Å²) in [5.74, 6) is 0.987. The number of nitrogens with zero attached hydrogens (tertiary/aromatic N) is 2. The lowest BCUT2D eigenvalue weighted by molar-refractivity contribution is 0.170. The molecule has 0 amide bonds. The zero-order valence-corrected chi connectivity index (χ0v) is 12.0. The van der Waals surface area contributed by atoms with E-state index in [1.807, 2.05) is 23.0 Å². The van der Waals surface area contributed by atoms with Crippen LogP contribution in [0.5, 0.6) is 5.75 Å². The van der Waals surface area contributed by atoms with E-state index in [-0.39, 0.29) is 12.1 Å². The number of nitrogens with one attached hydrogen (secondary N) is 1. The van der Waals surface area contributed by atoms with E-state index >= 15 is 0 Å². The molecule has 1 aromatic carbocycles. The monoisotopic (exact) mass is 271 g/mol. The van der Waals surface area contributed by atoms with Gasteiger partial charge in [-0.15, -0.1) is 0 Å². The number of rotatable bonds is 4.